The number of benzene rings is 1. The summed E-state index contributed by atoms with van der Waals surface area (Å²) in [6.07, 6.45) is 4.11. The number of hydrogen-bond acceptors (Lipinski definition) is 6. The Morgan fingerprint density at radius 1 is 1.20 bits per heavy atom. The molecule has 0 aliphatic carbocycles. The molecule has 2 saturated heterocycles. The standard InChI is InChI=1S/C21H26BClFN3O3/c1-20(2)21(3,4)30-22(29-20)15-5-6-18(17(24)9-15)28-13-14-7-8-27(12-14)19-25-10-16(23)11-26-19/h5-6,9-11,14H,7-8,12-13H2,1-4H3. The van der Waals surface area contributed by atoms with Crippen molar-refractivity contribution in [2.45, 2.75) is 45.3 Å². The molecule has 6 nitrogen and oxygen atoms in total. The lowest BCUT2D eigenvalue weighted by molar-refractivity contribution is 0.00578. The number of halogens is 2. The van der Waals surface area contributed by atoms with E-state index in [4.69, 9.17) is 25.6 Å². The third-order valence-electron chi connectivity index (χ3n) is 6.13. The van der Waals surface area contributed by atoms with Gasteiger partial charge in [0, 0.05) is 19.0 Å². The minimum atomic E-state index is -0.596. The Kier molecular flexibility index (Phi) is 5.68. The minimum absolute atomic E-state index is 0.233. The Bertz CT molecular complexity index is 897. The zero-order valence-electron chi connectivity index (χ0n) is 17.7. The van der Waals surface area contributed by atoms with Crippen LogP contribution in [0.2, 0.25) is 5.02 Å². The number of hydrogen-bond donors (Lipinski definition) is 0. The van der Waals surface area contributed by atoms with Gasteiger partial charge in [0.15, 0.2) is 11.6 Å². The summed E-state index contributed by atoms with van der Waals surface area (Å²) >= 11 is 5.85. The average Bonchev–Trinajstić information content (AvgIpc) is 3.23. The molecule has 30 heavy (non-hydrogen) atoms. The van der Waals surface area contributed by atoms with Crippen molar-refractivity contribution in [3.8, 4) is 5.75 Å². The van der Waals surface area contributed by atoms with E-state index in [1.54, 1.807) is 24.5 Å². The Balaban J connectivity index is 1.34. The van der Waals surface area contributed by atoms with Crippen LogP contribution in [0.25, 0.3) is 0 Å². The maximum Gasteiger partial charge on any atom is 0.494 e. The summed E-state index contributed by atoms with van der Waals surface area (Å²) in [4.78, 5) is 10.6. The summed E-state index contributed by atoms with van der Waals surface area (Å²) in [5, 5.41) is 0.511. The van der Waals surface area contributed by atoms with Crippen LogP contribution in [0.4, 0.5) is 10.3 Å². The number of rotatable bonds is 5. The summed E-state index contributed by atoms with van der Waals surface area (Å²) in [6.45, 7) is 9.91. The molecular formula is C21H26BClFN3O3. The van der Waals surface area contributed by atoms with Gasteiger partial charge >= 0.3 is 7.12 Å². The van der Waals surface area contributed by atoms with E-state index in [1.807, 2.05) is 27.7 Å². The molecule has 1 aromatic heterocycles. The quantitative estimate of drug-likeness (QED) is 0.673. The SMILES string of the molecule is CC1(C)OB(c2ccc(OCC3CCN(c4ncc(Cl)cn4)C3)c(F)c2)OC1(C)C. The van der Waals surface area contributed by atoms with Gasteiger partial charge in [-0.15, -0.1) is 0 Å². The van der Waals surface area contributed by atoms with Crippen LogP contribution in [0.5, 0.6) is 5.75 Å². The van der Waals surface area contributed by atoms with Crippen LogP contribution >= 0.6 is 11.6 Å². The molecule has 0 amide bonds. The van der Waals surface area contributed by atoms with Crippen LogP contribution in [-0.2, 0) is 9.31 Å². The van der Waals surface area contributed by atoms with Gasteiger partial charge in [-0.05, 0) is 51.7 Å². The lowest BCUT2D eigenvalue weighted by atomic mass is 9.79. The van der Waals surface area contributed by atoms with Crippen molar-refractivity contribution in [2.75, 3.05) is 24.6 Å². The Hall–Kier alpha value is -1.90. The second-order valence-corrected chi connectivity index (χ2v) is 9.33. The highest BCUT2D eigenvalue weighted by Gasteiger charge is 2.51. The maximum atomic E-state index is 14.7. The molecule has 2 aliphatic heterocycles. The highest BCUT2D eigenvalue weighted by atomic mass is 35.5. The van der Waals surface area contributed by atoms with Crippen molar-refractivity contribution in [3.63, 3.8) is 0 Å². The molecule has 3 heterocycles. The second-order valence-electron chi connectivity index (χ2n) is 8.89. The molecule has 0 saturated carbocycles. The zero-order chi connectivity index (χ0) is 21.5. The van der Waals surface area contributed by atoms with Crippen LogP contribution in [0, 0.1) is 11.7 Å². The van der Waals surface area contributed by atoms with Crippen molar-refractivity contribution in [2.24, 2.45) is 5.92 Å². The van der Waals surface area contributed by atoms with Gasteiger partial charge in [-0.25, -0.2) is 14.4 Å². The number of nitrogens with zero attached hydrogens (tertiary/aromatic N) is 3. The van der Waals surface area contributed by atoms with Crippen molar-refractivity contribution in [1.82, 2.24) is 9.97 Å². The monoisotopic (exact) mass is 433 g/mol. The fraction of sp³-hybridized carbons (Fsp3) is 0.524. The Morgan fingerprint density at radius 2 is 1.87 bits per heavy atom. The van der Waals surface area contributed by atoms with E-state index in [9.17, 15) is 4.39 Å². The Morgan fingerprint density at radius 3 is 2.50 bits per heavy atom. The van der Waals surface area contributed by atoms with Crippen LogP contribution in [0.3, 0.4) is 0 Å². The maximum absolute atomic E-state index is 14.7. The van der Waals surface area contributed by atoms with Gasteiger partial charge in [-0.1, -0.05) is 17.7 Å². The number of aromatic nitrogens is 2. The molecule has 1 unspecified atom stereocenters. The van der Waals surface area contributed by atoms with E-state index < -0.39 is 24.1 Å². The molecule has 2 fully saturated rings. The first-order valence-corrected chi connectivity index (χ1v) is 10.5. The van der Waals surface area contributed by atoms with Gasteiger partial charge in [-0.2, -0.15) is 0 Å². The van der Waals surface area contributed by atoms with Crippen molar-refractivity contribution in [3.05, 3.63) is 41.4 Å². The van der Waals surface area contributed by atoms with Crippen molar-refractivity contribution < 1.29 is 18.4 Å². The fourth-order valence-corrected chi connectivity index (χ4v) is 3.68. The van der Waals surface area contributed by atoms with E-state index >= 15 is 0 Å². The first-order valence-electron chi connectivity index (χ1n) is 10.1. The largest absolute Gasteiger partial charge is 0.494 e. The van der Waals surface area contributed by atoms with Gasteiger partial charge in [0.05, 0.1) is 35.2 Å². The lowest BCUT2D eigenvalue weighted by Gasteiger charge is -2.32. The minimum Gasteiger partial charge on any atom is -0.490 e. The topological polar surface area (TPSA) is 56.7 Å². The van der Waals surface area contributed by atoms with Crippen LogP contribution in [0.15, 0.2) is 30.6 Å². The summed E-state index contributed by atoms with van der Waals surface area (Å²) in [6, 6.07) is 4.87. The van der Waals surface area contributed by atoms with Crippen LogP contribution in [0.1, 0.15) is 34.1 Å². The van der Waals surface area contributed by atoms with E-state index in [0.717, 1.165) is 19.5 Å². The summed E-state index contributed by atoms with van der Waals surface area (Å²) in [5.74, 6) is 0.737. The lowest BCUT2D eigenvalue weighted by Crippen LogP contribution is -2.41. The molecule has 0 N–H and O–H groups in total. The third kappa shape index (κ3) is 4.27. The smallest absolute Gasteiger partial charge is 0.490 e. The highest BCUT2D eigenvalue weighted by Crippen LogP contribution is 2.36. The molecule has 0 radical (unpaired) electrons. The number of ether oxygens (including phenoxy) is 1. The van der Waals surface area contributed by atoms with Gasteiger partial charge in [0.1, 0.15) is 0 Å². The van der Waals surface area contributed by atoms with Crippen LogP contribution in [-0.4, -0.2) is 48.0 Å². The molecule has 9 heteroatoms. The van der Waals surface area contributed by atoms with E-state index in [2.05, 4.69) is 14.9 Å². The summed E-state index contributed by atoms with van der Waals surface area (Å²) in [5.41, 5.74) is -0.290. The Labute approximate surface area is 181 Å². The average molecular weight is 434 g/mol. The molecule has 0 bridgehead atoms. The molecular weight excluding hydrogens is 408 g/mol. The number of anilines is 1. The molecule has 1 atom stereocenters. The van der Waals surface area contributed by atoms with Crippen molar-refractivity contribution >= 4 is 30.1 Å². The predicted octanol–water partition coefficient (Wildman–Crippen LogP) is 3.47. The van der Waals surface area contributed by atoms with Crippen LogP contribution < -0.4 is 15.1 Å². The first-order chi connectivity index (χ1) is 14.1. The molecule has 4 rings (SSSR count). The predicted molar refractivity (Wildman–Crippen MR) is 115 cm³/mol. The van der Waals surface area contributed by atoms with Gasteiger partial charge in [0.2, 0.25) is 5.95 Å². The zero-order valence-corrected chi connectivity index (χ0v) is 18.4. The molecule has 2 aromatic rings. The molecule has 2 aliphatic rings. The summed E-state index contributed by atoms with van der Waals surface area (Å²) < 4.78 is 32.4. The van der Waals surface area contributed by atoms with E-state index in [1.165, 1.54) is 6.07 Å². The molecule has 160 valence electrons. The van der Waals surface area contributed by atoms with Gasteiger partial charge in [0.25, 0.3) is 0 Å². The molecule has 1 aromatic carbocycles. The highest BCUT2D eigenvalue weighted by molar-refractivity contribution is 6.62. The molecule has 0 spiro atoms. The normalized spacial score (nSPS) is 22.5. The van der Waals surface area contributed by atoms with Gasteiger partial charge in [-0.3, -0.25) is 0 Å². The van der Waals surface area contributed by atoms with Crippen molar-refractivity contribution in [1.29, 1.82) is 0 Å². The summed E-state index contributed by atoms with van der Waals surface area (Å²) in [7, 11) is -0.596. The third-order valence-corrected chi connectivity index (χ3v) is 6.33. The van der Waals surface area contributed by atoms with E-state index in [-0.39, 0.29) is 11.7 Å². The second kappa shape index (κ2) is 7.98. The first kappa shape index (κ1) is 21.3. The van der Waals surface area contributed by atoms with Gasteiger partial charge < -0.3 is 18.9 Å². The van der Waals surface area contributed by atoms with E-state index in [0.29, 0.717) is 23.0 Å². The fourth-order valence-electron chi connectivity index (χ4n) is 3.59.